The van der Waals surface area contributed by atoms with Gasteiger partial charge in [0.05, 0.1) is 41.2 Å². The minimum absolute atomic E-state index is 0.110. The first-order valence-corrected chi connectivity index (χ1v) is 13.6. The number of sulfone groups is 1. The molecule has 0 radical (unpaired) electrons. The standard InChI is InChI=1S/C23H23ClF2N6O4S/c1-12-3-17(16(25)4-18(12)37(2,33)34)31-21-19(26)22(30-11-29-21)36-20-13-7-32(8-14(20)10-35-9-13)23-27-5-15(24)6-28-23/h3-6,11,13-14,20H,7-10H2,1-2H3,(H,29,30,31). The third kappa shape index (κ3) is 5.29. The molecule has 2 bridgehead atoms. The predicted molar refractivity (Wildman–Crippen MR) is 131 cm³/mol. The molecule has 1 aromatic carbocycles. The Balaban J connectivity index is 1.35. The van der Waals surface area contributed by atoms with Crippen LogP contribution in [-0.4, -0.2) is 67.0 Å². The summed E-state index contributed by atoms with van der Waals surface area (Å²) in [7, 11) is -3.62. The van der Waals surface area contributed by atoms with Crippen molar-refractivity contribution < 1.29 is 26.7 Å². The van der Waals surface area contributed by atoms with Gasteiger partial charge in [-0.25, -0.2) is 27.8 Å². The zero-order valence-electron chi connectivity index (χ0n) is 19.9. The van der Waals surface area contributed by atoms with Crippen LogP contribution >= 0.6 is 11.6 Å². The van der Waals surface area contributed by atoms with Gasteiger partial charge in [-0.1, -0.05) is 11.6 Å². The fourth-order valence-corrected chi connectivity index (χ4v) is 5.72. The highest BCUT2D eigenvalue weighted by Crippen LogP contribution is 2.34. The van der Waals surface area contributed by atoms with Crippen LogP contribution < -0.4 is 15.0 Å². The largest absolute Gasteiger partial charge is 0.471 e. The van der Waals surface area contributed by atoms with Crippen molar-refractivity contribution in [3.8, 4) is 5.88 Å². The monoisotopic (exact) mass is 552 g/mol. The second-order valence-electron chi connectivity index (χ2n) is 9.08. The Kier molecular flexibility index (Phi) is 6.86. The van der Waals surface area contributed by atoms with Crippen molar-refractivity contribution in [2.45, 2.75) is 17.9 Å². The Morgan fingerprint density at radius 3 is 2.43 bits per heavy atom. The van der Waals surface area contributed by atoms with Crippen molar-refractivity contribution in [1.82, 2.24) is 19.9 Å². The van der Waals surface area contributed by atoms with Gasteiger partial charge >= 0.3 is 0 Å². The molecule has 196 valence electrons. The van der Waals surface area contributed by atoms with E-state index >= 15 is 4.39 Å². The number of nitrogens with zero attached hydrogens (tertiary/aromatic N) is 5. The predicted octanol–water partition coefficient (Wildman–Crippen LogP) is 3.18. The lowest BCUT2D eigenvalue weighted by Gasteiger charge is -2.46. The van der Waals surface area contributed by atoms with Crippen LogP contribution in [0.4, 0.5) is 26.2 Å². The van der Waals surface area contributed by atoms with E-state index in [1.165, 1.54) is 25.4 Å². The molecule has 4 heterocycles. The number of aryl methyl sites for hydroxylation is 1. The number of nitrogens with one attached hydrogen (secondary N) is 1. The van der Waals surface area contributed by atoms with E-state index in [9.17, 15) is 12.8 Å². The Morgan fingerprint density at radius 2 is 1.78 bits per heavy atom. The molecule has 0 spiro atoms. The van der Waals surface area contributed by atoms with Gasteiger partial charge in [-0.3, -0.25) is 0 Å². The molecular weight excluding hydrogens is 530 g/mol. The van der Waals surface area contributed by atoms with E-state index in [4.69, 9.17) is 21.1 Å². The van der Waals surface area contributed by atoms with E-state index < -0.39 is 21.5 Å². The molecule has 0 aliphatic carbocycles. The van der Waals surface area contributed by atoms with Gasteiger partial charge in [0.25, 0.3) is 5.88 Å². The molecule has 2 saturated heterocycles. The van der Waals surface area contributed by atoms with E-state index in [1.807, 2.05) is 4.90 Å². The first-order chi connectivity index (χ1) is 17.6. The van der Waals surface area contributed by atoms with Crippen LogP contribution in [0.3, 0.4) is 0 Å². The summed E-state index contributed by atoms with van der Waals surface area (Å²) in [4.78, 5) is 18.3. The van der Waals surface area contributed by atoms with E-state index in [1.54, 1.807) is 0 Å². The Hall–Kier alpha value is -3.16. The summed E-state index contributed by atoms with van der Waals surface area (Å²) in [6.45, 7) is 3.38. The molecule has 2 unspecified atom stereocenters. The van der Waals surface area contributed by atoms with Crippen molar-refractivity contribution in [2.75, 3.05) is 42.8 Å². The molecule has 14 heteroatoms. The number of benzene rings is 1. The van der Waals surface area contributed by atoms with Gasteiger partial charge in [0.2, 0.25) is 11.8 Å². The van der Waals surface area contributed by atoms with E-state index in [0.29, 0.717) is 42.8 Å². The maximum absolute atomic E-state index is 15.4. The molecule has 2 atom stereocenters. The van der Waals surface area contributed by atoms with Crippen molar-refractivity contribution in [2.24, 2.45) is 11.8 Å². The summed E-state index contributed by atoms with van der Waals surface area (Å²) in [6.07, 6.45) is 4.77. The maximum atomic E-state index is 15.4. The molecule has 2 aliphatic heterocycles. The van der Waals surface area contributed by atoms with Crippen LogP contribution in [0.15, 0.2) is 35.7 Å². The summed E-state index contributed by atoms with van der Waals surface area (Å²) in [5.74, 6) is -2.02. The summed E-state index contributed by atoms with van der Waals surface area (Å²) in [6, 6.07) is 2.17. The lowest BCUT2D eigenvalue weighted by Crippen LogP contribution is -2.58. The number of fused-ring (bicyclic) bond motifs is 2. The SMILES string of the molecule is Cc1cc(Nc2ncnc(OC3C4COCC3CN(c3ncc(Cl)cn3)C4)c2F)c(F)cc1S(C)(=O)=O. The fraction of sp³-hybridized carbons (Fsp3) is 0.391. The molecule has 1 N–H and O–H groups in total. The lowest BCUT2D eigenvalue weighted by atomic mass is 9.84. The highest BCUT2D eigenvalue weighted by atomic mass is 35.5. The molecule has 37 heavy (non-hydrogen) atoms. The quantitative estimate of drug-likeness (QED) is 0.488. The van der Waals surface area contributed by atoms with Gasteiger partial charge in [0, 0.05) is 31.2 Å². The van der Waals surface area contributed by atoms with E-state index in [2.05, 4.69) is 25.3 Å². The fourth-order valence-electron chi connectivity index (χ4n) is 4.66. The molecular formula is C23H23ClF2N6O4S. The van der Waals surface area contributed by atoms with Crippen molar-refractivity contribution >= 4 is 38.9 Å². The number of hydrogen-bond acceptors (Lipinski definition) is 10. The zero-order chi connectivity index (χ0) is 26.3. The average Bonchev–Trinajstić information content (AvgIpc) is 2.83. The average molecular weight is 553 g/mol. The molecule has 2 aromatic heterocycles. The number of aromatic nitrogens is 4. The Bertz CT molecular complexity index is 1420. The number of rotatable bonds is 6. The topological polar surface area (TPSA) is 119 Å². The summed E-state index contributed by atoms with van der Waals surface area (Å²) < 4.78 is 65.5. The van der Waals surface area contributed by atoms with Gasteiger partial charge in [0.15, 0.2) is 15.7 Å². The number of halogens is 3. The first-order valence-electron chi connectivity index (χ1n) is 11.3. The van der Waals surface area contributed by atoms with Crippen LogP contribution in [0.5, 0.6) is 5.88 Å². The van der Waals surface area contributed by atoms with E-state index in [0.717, 1.165) is 18.6 Å². The highest BCUT2D eigenvalue weighted by Gasteiger charge is 2.43. The smallest absolute Gasteiger partial charge is 0.256 e. The summed E-state index contributed by atoms with van der Waals surface area (Å²) in [5, 5.41) is 3.03. The highest BCUT2D eigenvalue weighted by molar-refractivity contribution is 7.90. The Labute approximate surface area is 216 Å². The molecule has 0 saturated carbocycles. The van der Waals surface area contributed by atoms with Crippen molar-refractivity contribution in [1.29, 1.82) is 0 Å². The molecule has 2 aliphatic rings. The molecule has 3 aromatic rings. The van der Waals surface area contributed by atoms with Gasteiger partial charge in [0.1, 0.15) is 18.2 Å². The number of hydrogen-bond donors (Lipinski definition) is 1. The number of anilines is 3. The lowest BCUT2D eigenvalue weighted by molar-refractivity contribution is -0.0780. The minimum Gasteiger partial charge on any atom is -0.471 e. The van der Waals surface area contributed by atoms with Gasteiger partial charge in [-0.2, -0.15) is 9.37 Å². The van der Waals surface area contributed by atoms with Crippen LogP contribution in [-0.2, 0) is 14.6 Å². The van der Waals surface area contributed by atoms with Gasteiger partial charge < -0.3 is 19.7 Å². The van der Waals surface area contributed by atoms with Crippen molar-refractivity contribution in [3.63, 3.8) is 0 Å². The second-order valence-corrected chi connectivity index (χ2v) is 11.5. The maximum Gasteiger partial charge on any atom is 0.256 e. The normalized spacial score (nSPS) is 21.5. The number of piperidine rings is 1. The van der Waals surface area contributed by atoms with Crippen LogP contribution in [0.2, 0.25) is 5.02 Å². The van der Waals surface area contributed by atoms with Crippen LogP contribution in [0.25, 0.3) is 0 Å². The van der Waals surface area contributed by atoms with Crippen molar-refractivity contribution in [3.05, 3.63) is 53.1 Å². The number of ether oxygens (including phenoxy) is 2. The summed E-state index contributed by atoms with van der Waals surface area (Å²) >= 11 is 5.90. The minimum atomic E-state index is -3.62. The van der Waals surface area contributed by atoms with Crippen LogP contribution in [0.1, 0.15) is 5.56 Å². The van der Waals surface area contributed by atoms with Crippen LogP contribution in [0, 0.1) is 30.4 Å². The second kappa shape index (κ2) is 9.95. The summed E-state index contributed by atoms with van der Waals surface area (Å²) in [5.41, 5.74) is 0.177. The molecule has 10 nitrogen and oxygen atoms in total. The van der Waals surface area contributed by atoms with E-state index in [-0.39, 0.29) is 40.2 Å². The first kappa shape index (κ1) is 25.5. The Morgan fingerprint density at radius 1 is 1.11 bits per heavy atom. The zero-order valence-corrected chi connectivity index (χ0v) is 21.4. The van der Waals surface area contributed by atoms with Gasteiger partial charge in [-0.15, -0.1) is 0 Å². The third-order valence-electron chi connectivity index (χ3n) is 6.31. The third-order valence-corrected chi connectivity index (χ3v) is 7.75. The van der Waals surface area contributed by atoms with Gasteiger partial charge in [-0.05, 0) is 24.6 Å². The molecule has 5 rings (SSSR count). The molecule has 2 fully saturated rings. The molecule has 0 amide bonds.